The molecule has 0 bridgehead atoms. The summed E-state index contributed by atoms with van der Waals surface area (Å²) in [6, 6.07) is 8.68. The number of hydrogen-bond donors (Lipinski definition) is 2. The summed E-state index contributed by atoms with van der Waals surface area (Å²) in [5.41, 5.74) is 2.99. The van der Waals surface area contributed by atoms with Gasteiger partial charge in [-0.3, -0.25) is 4.99 Å². The van der Waals surface area contributed by atoms with Gasteiger partial charge in [-0.2, -0.15) is 0 Å². The van der Waals surface area contributed by atoms with Crippen LogP contribution >= 0.6 is 0 Å². The number of nitrogens with one attached hydrogen (secondary N) is 1. The molecule has 1 amide bonds. The van der Waals surface area contributed by atoms with Gasteiger partial charge in [0.05, 0.1) is 24.0 Å². The molecule has 2 aliphatic carbocycles. The van der Waals surface area contributed by atoms with Gasteiger partial charge in [0, 0.05) is 24.6 Å². The van der Waals surface area contributed by atoms with Crippen molar-refractivity contribution in [3.8, 4) is 0 Å². The van der Waals surface area contributed by atoms with E-state index in [1.165, 1.54) is 11.1 Å². The molecule has 0 unspecified atom stereocenters. The predicted octanol–water partition coefficient (Wildman–Crippen LogP) is 4.51. The van der Waals surface area contributed by atoms with E-state index in [2.05, 4.69) is 47.2 Å². The van der Waals surface area contributed by atoms with Crippen molar-refractivity contribution in [2.75, 3.05) is 7.05 Å². The molecule has 3 aliphatic rings. The molecule has 1 heterocycles. The normalized spacial score (nSPS) is 33.7. The van der Waals surface area contributed by atoms with Crippen LogP contribution in [-0.2, 0) is 4.74 Å². The van der Waals surface area contributed by atoms with Crippen LogP contribution < -0.4 is 5.32 Å². The molecule has 1 aliphatic heterocycles. The number of aliphatic hydroxyl groups is 1. The van der Waals surface area contributed by atoms with Crippen LogP contribution in [0.15, 0.2) is 35.5 Å². The monoisotopic (exact) mass is 425 g/mol. The first-order valence-corrected chi connectivity index (χ1v) is 11.3. The maximum atomic E-state index is 12.1. The summed E-state index contributed by atoms with van der Waals surface area (Å²) in [4.78, 5) is 18.3. The second-order valence-corrected chi connectivity index (χ2v) is 10.4. The smallest absolute Gasteiger partial charge is 0.407 e. The average Bonchev–Trinajstić information content (AvgIpc) is 2.97. The molecule has 1 aromatic carbocycles. The van der Waals surface area contributed by atoms with E-state index in [9.17, 15) is 9.90 Å². The van der Waals surface area contributed by atoms with Crippen molar-refractivity contribution in [3.63, 3.8) is 0 Å². The van der Waals surface area contributed by atoms with Gasteiger partial charge >= 0.3 is 6.09 Å². The number of fused-ring (bicyclic) bond motifs is 1. The van der Waals surface area contributed by atoms with E-state index >= 15 is 0 Å². The van der Waals surface area contributed by atoms with Crippen molar-refractivity contribution < 1.29 is 14.6 Å². The molecule has 2 N–H and O–H groups in total. The Kier molecular flexibility index (Phi) is 5.63. The largest absolute Gasteiger partial charge is 0.444 e. The van der Waals surface area contributed by atoms with Crippen molar-refractivity contribution in [3.05, 3.63) is 41.6 Å². The second kappa shape index (κ2) is 7.97. The van der Waals surface area contributed by atoms with E-state index in [-0.39, 0.29) is 35.6 Å². The Hall–Kier alpha value is -2.34. The van der Waals surface area contributed by atoms with Crippen LogP contribution in [0, 0.1) is 11.3 Å². The van der Waals surface area contributed by atoms with Gasteiger partial charge in [0.15, 0.2) is 0 Å². The van der Waals surface area contributed by atoms with Crippen molar-refractivity contribution in [1.82, 2.24) is 10.2 Å². The fourth-order valence-electron chi connectivity index (χ4n) is 5.89. The van der Waals surface area contributed by atoms with Crippen molar-refractivity contribution in [1.29, 1.82) is 0 Å². The summed E-state index contributed by atoms with van der Waals surface area (Å²) in [5, 5.41) is 14.3. The first-order valence-electron chi connectivity index (χ1n) is 11.3. The van der Waals surface area contributed by atoms with Crippen molar-refractivity contribution in [2.24, 2.45) is 16.3 Å². The van der Waals surface area contributed by atoms with E-state index in [4.69, 9.17) is 4.74 Å². The SMILES string of the molecule is C=N/C=C1/c2ccccc2[C@H]([C@H]2C[C@]3(CC[C@@H](NC(=O)OC(C)(C)C)CC3)[C@@H]2O)N1C. The minimum atomic E-state index is -0.491. The molecule has 1 aromatic rings. The molecule has 4 rings (SSSR count). The number of aliphatic hydroxyl groups excluding tert-OH is 1. The van der Waals surface area contributed by atoms with E-state index in [0.29, 0.717) is 0 Å². The lowest BCUT2D eigenvalue weighted by molar-refractivity contribution is -0.159. The third-order valence-corrected chi connectivity index (χ3v) is 7.35. The van der Waals surface area contributed by atoms with Gasteiger partial charge in [-0.15, -0.1) is 0 Å². The lowest BCUT2D eigenvalue weighted by Crippen LogP contribution is -2.58. The molecule has 2 fully saturated rings. The van der Waals surface area contributed by atoms with Gasteiger partial charge in [0.2, 0.25) is 0 Å². The number of carbonyl (C=O) groups is 1. The van der Waals surface area contributed by atoms with E-state index < -0.39 is 5.60 Å². The summed E-state index contributed by atoms with van der Waals surface area (Å²) in [6.07, 6.45) is 5.75. The zero-order valence-corrected chi connectivity index (χ0v) is 19.1. The molecular formula is C25H35N3O3. The lowest BCUT2D eigenvalue weighted by Gasteiger charge is -2.58. The number of aliphatic imine (C=N–C) groups is 1. The van der Waals surface area contributed by atoms with Crippen LogP contribution in [0.1, 0.15) is 70.0 Å². The van der Waals surface area contributed by atoms with E-state index in [1.54, 1.807) is 0 Å². The predicted molar refractivity (Wildman–Crippen MR) is 123 cm³/mol. The van der Waals surface area contributed by atoms with Crippen LogP contribution in [0.5, 0.6) is 0 Å². The molecule has 2 saturated carbocycles. The van der Waals surface area contributed by atoms with Crippen LogP contribution in [0.3, 0.4) is 0 Å². The fraction of sp³-hybridized carbons (Fsp3) is 0.600. The summed E-state index contributed by atoms with van der Waals surface area (Å²) < 4.78 is 5.39. The molecule has 0 saturated heterocycles. The Bertz CT molecular complexity index is 880. The molecular weight excluding hydrogens is 390 g/mol. The number of carbonyl (C=O) groups excluding carboxylic acids is 1. The summed E-state index contributed by atoms with van der Waals surface area (Å²) in [6.45, 7) is 9.24. The molecule has 6 heteroatoms. The Morgan fingerprint density at radius 1 is 1.32 bits per heavy atom. The molecule has 31 heavy (non-hydrogen) atoms. The highest BCUT2D eigenvalue weighted by Gasteiger charge is 2.58. The number of hydrogen-bond acceptors (Lipinski definition) is 5. The third-order valence-electron chi connectivity index (χ3n) is 7.35. The topological polar surface area (TPSA) is 74.2 Å². The van der Waals surface area contributed by atoms with Crippen LogP contribution in [0.2, 0.25) is 0 Å². The number of ether oxygens (including phenoxy) is 1. The Morgan fingerprint density at radius 3 is 2.61 bits per heavy atom. The number of rotatable bonds is 3. The maximum absolute atomic E-state index is 12.1. The summed E-state index contributed by atoms with van der Waals surface area (Å²) >= 11 is 0. The Morgan fingerprint density at radius 2 is 2.00 bits per heavy atom. The quantitative estimate of drug-likeness (QED) is 0.699. The molecule has 168 valence electrons. The van der Waals surface area contributed by atoms with Gasteiger partial charge in [-0.1, -0.05) is 24.3 Å². The summed E-state index contributed by atoms with van der Waals surface area (Å²) in [5.74, 6) is 0.192. The third kappa shape index (κ3) is 3.98. The first kappa shape index (κ1) is 21.9. The van der Waals surface area contributed by atoms with Crippen LogP contribution in [0.25, 0.3) is 5.70 Å². The molecule has 0 radical (unpaired) electrons. The zero-order chi connectivity index (χ0) is 22.4. The number of nitrogens with zero attached hydrogens (tertiary/aromatic N) is 2. The molecule has 0 aromatic heterocycles. The highest BCUT2D eigenvalue weighted by molar-refractivity contribution is 5.72. The minimum absolute atomic E-state index is 0.0320. The highest BCUT2D eigenvalue weighted by atomic mass is 16.6. The number of alkyl carbamates (subject to hydrolysis) is 1. The van der Waals surface area contributed by atoms with Gasteiger partial charge in [-0.05, 0) is 70.6 Å². The zero-order valence-electron chi connectivity index (χ0n) is 19.1. The standard InChI is InChI=1S/C25H35N3O3/c1-24(2,3)31-23(30)27-16-10-12-25(13-11-16)14-19(22(25)29)21-18-9-7-6-8-17(18)20(15-26-4)28(21)5/h6-9,15-16,19,21-22,29H,4,10-14H2,1-3,5H3,(H,27,30)/b20-15-/t16-,19-,21-,22-,25-/m1/s1. The highest BCUT2D eigenvalue weighted by Crippen LogP contribution is 2.61. The minimum Gasteiger partial charge on any atom is -0.444 e. The fourth-order valence-corrected chi connectivity index (χ4v) is 5.89. The Labute approximate surface area is 185 Å². The first-order chi connectivity index (χ1) is 14.6. The number of benzene rings is 1. The lowest BCUT2D eigenvalue weighted by atomic mass is 9.51. The van der Waals surface area contributed by atoms with Crippen molar-refractivity contribution in [2.45, 2.75) is 76.7 Å². The van der Waals surface area contributed by atoms with E-state index in [1.807, 2.05) is 33.0 Å². The summed E-state index contributed by atoms with van der Waals surface area (Å²) in [7, 11) is 2.08. The maximum Gasteiger partial charge on any atom is 0.407 e. The van der Waals surface area contributed by atoms with Crippen LogP contribution in [-0.4, -0.2) is 47.6 Å². The Balaban J connectivity index is 1.40. The second-order valence-electron chi connectivity index (χ2n) is 10.4. The average molecular weight is 426 g/mol. The van der Waals surface area contributed by atoms with E-state index in [0.717, 1.165) is 37.8 Å². The van der Waals surface area contributed by atoms with Crippen LogP contribution in [0.4, 0.5) is 4.79 Å². The van der Waals surface area contributed by atoms with Gasteiger partial charge < -0.3 is 20.1 Å². The molecule has 3 atom stereocenters. The molecule has 1 spiro atoms. The van der Waals surface area contributed by atoms with Gasteiger partial charge in [-0.25, -0.2) is 4.79 Å². The molecule has 6 nitrogen and oxygen atoms in total. The van der Waals surface area contributed by atoms with Gasteiger partial charge in [0.1, 0.15) is 5.60 Å². The van der Waals surface area contributed by atoms with Gasteiger partial charge in [0.25, 0.3) is 0 Å². The number of amides is 1. The van der Waals surface area contributed by atoms with Crippen molar-refractivity contribution >= 4 is 18.5 Å².